The molecule has 0 spiro atoms. The van der Waals surface area contributed by atoms with E-state index in [1.54, 1.807) is 30.5 Å². The summed E-state index contributed by atoms with van der Waals surface area (Å²) in [6.07, 6.45) is 4.51. The van der Waals surface area contributed by atoms with Crippen LogP contribution < -0.4 is 14.9 Å². The molecule has 0 saturated heterocycles. The predicted octanol–water partition coefficient (Wildman–Crippen LogP) is 2.52. The maximum absolute atomic E-state index is 11.8. The third-order valence-corrected chi connectivity index (χ3v) is 3.04. The molecule has 0 bridgehead atoms. The van der Waals surface area contributed by atoms with Crippen LogP contribution in [0.4, 0.5) is 0 Å². The van der Waals surface area contributed by atoms with E-state index in [0.29, 0.717) is 27.6 Å². The summed E-state index contributed by atoms with van der Waals surface area (Å²) in [7, 11) is 3.02. The van der Waals surface area contributed by atoms with Gasteiger partial charge in [-0.3, -0.25) is 9.78 Å². The second-order valence-electron chi connectivity index (χ2n) is 4.18. The van der Waals surface area contributed by atoms with E-state index in [4.69, 9.17) is 21.1 Å². The summed E-state index contributed by atoms with van der Waals surface area (Å²) in [5.41, 5.74) is 3.49. The first kappa shape index (κ1) is 15.8. The molecule has 0 aliphatic carbocycles. The summed E-state index contributed by atoms with van der Waals surface area (Å²) in [6, 6.07) is 6.67. The molecule has 1 aromatic heterocycles. The molecular formula is C15H14ClN3O3. The number of rotatable bonds is 5. The van der Waals surface area contributed by atoms with Crippen LogP contribution in [0.25, 0.3) is 0 Å². The van der Waals surface area contributed by atoms with E-state index in [2.05, 4.69) is 15.5 Å². The largest absolute Gasteiger partial charge is 0.493 e. The van der Waals surface area contributed by atoms with E-state index in [1.165, 1.54) is 26.6 Å². The van der Waals surface area contributed by atoms with E-state index in [1.807, 2.05) is 0 Å². The highest BCUT2D eigenvalue weighted by Gasteiger charge is 2.10. The molecule has 22 heavy (non-hydrogen) atoms. The minimum absolute atomic E-state index is 0.351. The topological polar surface area (TPSA) is 72.8 Å². The number of benzene rings is 1. The Morgan fingerprint density at radius 3 is 2.82 bits per heavy atom. The molecule has 2 rings (SSSR count). The molecule has 6 nitrogen and oxygen atoms in total. The first-order valence-electron chi connectivity index (χ1n) is 6.30. The first-order valence-corrected chi connectivity index (χ1v) is 6.68. The molecule has 2 aromatic rings. The summed E-state index contributed by atoms with van der Waals surface area (Å²) in [4.78, 5) is 15.7. The van der Waals surface area contributed by atoms with Gasteiger partial charge in [0.2, 0.25) is 0 Å². The van der Waals surface area contributed by atoms with Crippen molar-refractivity contribution >= 4 is 23.7 Å². The molecule has 1 N–H and O–H groups in total. The van der Waals surface area contributed by atoms with Gasteiger partial charge in [-0.2, -0.15) is 5.10 Å². The van der Waals surface area contributed by atoms with Crippen molar-refractivity contribution in [2.75, 3.05) is 14.2 Å². The molecule has 1 aromatic carbocycles. The van der Waals surface area contributed by atoms with Crippen molar-refractivity contribution in [3.05, 3.63) is 52.8 Å². The molecular weight excluding hydrogens is 306 g/mol. The van der Waals surface area contributed by atoms with Crippen molar-refractivity contribution in [3.8, 4) is 11.5 Å². The predicted molar refractivity (Wildman–Crippen MR) is 83.9 cm³/mol. The minimum atomic E-state index is -0.351. The van der Waals surface area contributed by atoms with Crippen molar-refractivity contribution in [2.45, 2.75) is 0 Å². The lowest BCUT2D eigenvalue weighted by Crippen LogP contribution is -2.17. The van der Waals surface area contributed by atoms with Gasteiger partial charge in [0.1, 0.15) is 0 Å². The minimum Gasteiger partial charge on any atom is -0.493 e. The van der Waals surface area contributed by atoms with Crippen LogP contribution in [-0.2, 0) is 0 Å². The normalized spacial score (nSPS) is 10.5. The average Bonchev–Trinajstić information content (AvgIpc) is 2.55. The fourth-order valence-corrected chi connectivity index (χ4v) is 2.04. The number of aromatic nitrogens is 1. The number of carbonyl (C=O) groups excluding carboxylic acids is 1. The molecule has 0 aliphatic rings. The highest BCUT2D eigenvalue weighted by Crippen LogP contribution is 2.35. The molecule has 0 fully saturated rings. The van der Waals surface area contributed by atoms with Gasteiger partial charge in [0.15, 0.2) is 11.5 Å². The summed E-state index contributed by atoms with van der Waals surface area (Å²) in [5.74, 6) is 0.576. The Hall–Kier alpha value is -2.60. The van der Waals surface area contributed by atoms with Gasteiger partial charge in [-0.1, -0.05) is 11.6 Å². The van der Waals surface area contributed by atoms with Gasteiger partial charge < -0.3 is 9.47 Å². The van der Waals surface area contributed by atoms with Crippen molar-refractivity contribution in [1.82, 2.24) is 10.4 Å². The molecule has 1 heterocycles. The lowest BCUT2D eigenvalue weighted by molar-refractivity contribution is 0.0955. The smallest absolute Gasteiger partial charge is 0.272 e. The number of hydrogen-bond donors (Lipinski definition) is 1. The van der Waals surface area contributed by atoms with Gasteiger partial charge in [-0.05, 0) is 29.8 Å². The maximum atomic E-state index is 11.8. The highest BCUT2D eigenvalue weighted by atomic mass is 35.5. The zero-order valence-corrected chi connectivity index (χ0v) is 12.8. The third-order valence-electron chi connectivity index (χ3n) is 2.76. The molecule has 0 atom stereocenters. The van der Waals surface area contributed by atoms with Gasteiger partial charge in [0, 0.05) is 12.4 Å². The molecule has 0 radical (unpaired) electrons. The molecule has 0 unspecified atom stereocenters. The van der Waals surface area contributed by atoms with E-state index >= 15 is 0 Å². The lowest BCUT2D eigenvalue weighted by atomic mass is 10.2. The first-order chi connectivity index (χ1) is 10.7. The Morgan fingerprint density at radius 2 is 2.18 bits per heavy atom. The van der Waals surface area contributed by atoms with Crippen molar-refractivity contribution in [3.63, 3.8) is 0 Å². The Balaban J connectivity index is 2.10. The van der Waals surface area contributed by atoms with Crippen molar-refractivity contribution < 1.29 is 14.3 Å². The monoisotopic (exact) mass is 319 g/mol. The third kappa shape index (κ3) is 3.73. The molecule has 0 aliphatic heterocycles. The average molecular weight is 320 g/mol. The molecule has 7 heteroatoms. The van der Waals surface area contributed by atoms with E-state index in [9.17, 15) is 4.79 Å². The Kier molecular flexibility index (Phi) is 5.32. The van der Waals surface area contributed by atoms with E-state index < -0.39 is 0 Å². The number of pyridine rings is 1. The Morgan fingerprint density at radius 1 is 1.36 bits per heavy atom. The van der Waals surface area contributed by atoms with E-state index in [-0.39, 0.29) is 5.91 Å². The SMILES string of the molecule is COc1cc(C=NNC(=O)c2cccnc2)cc(Cl)c1OC. The second-order valence-corrected chi connectivity index (χ2v) is 4.59. The molecule has 114 valence electrons. The number of methoxy groups -OCH3 is 2. The number of halogens is 1. The van der Waals surface area contributed by atoms with Gasteiger partial charge >= 0.3 is 0 Å². The molecule has 1 amide bonds. The number of hydrogen-bond acceptors (Lipinski definition) is 5. The number of amides is 1. The van der Waals surface area contributed by atoms with Crippen LogP contribution in [0.5, 0.6) is 11.5 Å². The Labute approximate surface area is 132 Å². The van der Waals surface area contributed by atoms with Crippen LogP contribution in [0.2, 0.25) is 5.02 Å². The summed E-state index contributed by atoms with van der Waals surface area (Å²) < 4.78 is 10.3. The van der Waals surface area contributed by atoms with Crippen LogP contribution in [0.3, 0.4) is 0 Å². The van der Waals surface area contributed by atoms with Crippen LogP contribution in [0, 0.1) is 0 Å². The quantitative estimate of drug-likeness (QED) is 0.679. The maximum Gasteiger partial charge on any atom is 0.272 e. The summed E-state index contributed by atoms with van der Waals surface area (Å²) in [5, 5.41) is 4.27. The zero-order chi connectivity index (χ0) is 15.9. The van der Waals surface area contributed by atoms with E-state index in [0.717, 1.165) is 0 Å². The number of ether oxygens (including phenoxy) is 2. The number of hydrazone groups is 1. The number of carbonyl (C=O) groups is 1. The number of nitrogens with zero attached hydrogens (tertiary/aromatic N) is 2. The van der Waals surface area contributed by atoms with Gasteiger partial charge in [0.25, 0.3) is 5.91 Å². The van der Waals surface area contributed by atoms with Gasteiger partial charge in [-0.15, -0.1) is 0 Å². The van der Waals surface area contributed by atoms with Crippen LogP contribution in [0.1, 0.15) is 15.9 Å². The fraction of sp³-hybridized carbons (Fsp3) is 0.133. The van der Waals surface area contributed by atoms with Crippen LogP contribution >= 0.6 is 11.6 Å². The molecule has 0 saturated carbocycles. The van der Waals surface area contributed by atoms with Crippen molar-refractivity contribution in [1.29, 1.82) is 0 Å². The number of nitrogens with one attached hydrogen (secondary N) is 1. The van der Waals surface area contributed by atoms with Crippen molar-refractivity contribution in [2.24, 2.45) is 5.10 Å². The standard InChI is InChI=1S/C15H14ClN3O3/c1-21-13-7-10(6-12(16)14(13)22-2)8-18-19-15(20)11-4-3-5-17-9-11/h3-9H,1-2H3,(H,19,20). The van der Waals surface area contributed by atoms with Crippen LogP contribution in [0.15, 0.2) is 41.8 Å². The highest BCUT2D eigenvalue weighted by molar-refractivity contribution is 6.32. The fourth-order valence-electron chi connectivity index (χ4n) is 1.74. The lowest BCUT2D eigenvalue weighted by Gasteiger charge is -2.09. The summed E-state index contributed by atoms with van der Waals surface area (Å²) >= 11 is 6.09. The van der Waals surface area contributed by atoms with Crippen LogP contribution in [-0.4, -0.2) is 31.3 Å². The second kappa shape index (κ2) is 7.42. The Bertz CT molecular complexity index is 690. The summed E-state index contributed by atoms with van der Waals surface area (Å²) in [6.45, 7) is 0. The van der Waals surface area contributed by atoms with Gasteiger partial charge in [-0.25, -0.2) is 5.43 Å². The van der Waals surface area contributed by atoms with Gasteiger partial charge in [0.05, 0.1) is 31.0 Å². The zero-order valence-electron chi connectivity index (χ0n) is 12.0.